The van der Waals surface area contributed by atoms with Gasteiger partial charge in [-0.05, 0) is 65.5 Å². The number of H-pyrrole nitrogens is 1. The van der Waals surface area contributed by atoms with Gasteiger partial charge in [-0.3, -0.25) is 5.10 Å². The normalized spacial score (nSPS) is 20.3. The minimum absolute atomic E-state index is 0.0212. The molecule has 0 fully saturated rings. The molecule has 0 spiro atoms. The summed E-state index contributed by atoms with van der Waals surface area (Å²) >= 11 is -1.43. The van der Waals surface area contributed by atoms with Gasteiger partial charge in [0.25, 0.3) is 0 Å². The third-order valence-electron chi connectivity index (χ3n) is 7.18. The van der Waals surface area contributed by atoms with E-state index in [1.807, 2.05) is 6.20 Å². The summed E-state index contributed by atoms with van der Waals surface area (Å²) in [6.07, 6.45) is 4.83. The molecule has 4 rings (SSSR count). The second-order valence-electron chi connectivity index (χ2n) is 11.1. The second-order valence-corrected chi connectivity index (χ2v) is 12.2. The Morgan fingerprint density at radius 1 is 1.19 bits per heavy atom. The highest BCUT2D eigenvalue weighted by Gasteiger charge is 2.38. The molecule has 0 saturated carbocycles. The summed E-state index contributed by atoms with van der Waals surface area (Å²) in [4.78, 5) is 0. The van der Waals surface area contributed by atoms with E-state index in [4.69, 9.17) is 0 Å². The van der Waals surface area contributed by atoms with Crippen LogP contribution in [-0.2, 0) is 41.6 Å². The van der Waals surface area contributed by atoms with Gasteiger partial charge >= 0.3 is 0 Å². The lowest BCUT2D eigenvalue weighted by molar-refractivity contribution is 0.117. The van der Waals surface area contributed by atoms with Gasteiger partial charge < -0.3 is 15.0 Å². The lowest BCUT2D eigenvalue weighted by Gasteiger charge is -2.40. The van der Waals surface area contributed by atoms with Crippen LogP contribution in [-0.4, -0.2) is 44.8 Å². The van der Waals surface area contributed by atoms with E-state index < -0.39 is 40.7 Å². The Bertz CT molecular complexity index is 1190. The van der Waals surface area contributed by atoms with Gasteiger partial charge in [0.2, 0.25) is 0 Å². The van der Waals surface area contributed by atoms with Crippen molar-refractivity contribution < 1.29 is 18.4 Å². The molecule has 6 nitrogen and oxygen atoms in total. The van der Waals surface area contributed by atoms with Gasteiger partial charge in [-0.15, -0.1) is 4.72 Å². The van der Waals surface area contributed by atoms with Crippen LogP contribution in [0.3, 0.4) is 0 Å². The number of aryl methyl sites for hydroxylation is 1. The zero-order valence-corrected chi connectivity index (χ0v) is 22.6. The lowest BCUT2D eigenvalue weighted by atomic mass is 9.74. The first-order chi connectivity index (χ1) is 17.4. The maximum atomic E-state index is 13.8. The molecule has 1 aromatic heterocycles. The van der Waals surface area contributed by atoms with Crippen molar-refractivity contribution >= 4 is 11.4 Å². The van der Waals surface area contributed by atoms with E-state index >= 15 is 0 Å². The van der Waals surface area contributed by atoms with E-state index in [2.05, 4.69) is 65.3 Å². The van der Waals surface area contributed by atoms with Crippen LogP contribution in [0.25, 0.3) is 0 Å². The average molecular weight is 531 g/mol. The van der Waals surface area contributed by atoms with Crippen LogP contribution in [0, 0.1) is 11.6 Å². The van der Waals surface area contributed by atoms with Crippen LogP contribution >= 0.6 is 0 Å². The number of benzene rings is 2. The minimum atomic E-state index is -1.43. The third-order valence-corrected chi connectivity index (χ3v) is 7.81. The Kier molecular flexibility index (Phi) is 8.40. The molecule has 9 heteroatoms. The fraction of sp³-hybridized carbons (Fsp3) is 0.464. The van der Waals surface area contributed by atoms with E-state index in [0.29, 0.717) is 12.0 Å². The Labute approximate surface area is 220 Å². The average Bonchev–Trinajstić information content (AvgIpc) is 3.28. The zero-order chi connectivity index (χ0) is 26.8. The van der Waals surface area contributed by atoms with Gasteiger partial charge in [0.15, 0.2) is 0 Å². The predicted octanol–water partition coefficient (Wildman–Crippen LogP) is 3.81. The van der Waals surface area contributed by atoms with Gasteiger partial charge in [0.05, 0.1) is 17.8 Å². The molecule has 0 amide bonds. The van der Waals surface area contributed by atoms with E-state index in [0.717, 1.165) is 35.7 Å². The summed E-state index contributed by atoms with van der Waals surface area (Å²) in [5.74, 6) is -1.37. The molecular formula is C28H36F2N4O2S. The predicted molar refractivity (Wildman–Crippen MR) is 142 cm³/mol. The van der Waals surface area contributed by atoms with Crippen molar-refractivity contribution in [3.05, 3.63) is 88.2 Å². The number of hydrogen-bond donors (Lipinski definition) is 4. The topological polar surface area (TPSA) is 96.0 Å². The maximum Gasteiger partial charge on any atom is 0.126 e. The van der Waals surface area contributed by atoms with E-state index in [1.165, 1.54) is 24.0 Å². The molecule has 0 aliphatic heterocycles. The molecule has 0 saturated heterocycles. The van der Waals surface area contributed by atoms with Gasteiger partial charge in [-0.2, -0.15) is 5.10 Å². The van der Waals surface area contributed by atoms with Gasteiger partial charge in [0.1, 0.15) is 17.9 Å². The molecule has 1 aliphatic carbocycles. The van der Waals surface area contributed by atoms with Crippen LogP contribution in [0.4, 0.5) is 8.78 Å². The Morgan fingerprint density at radius 3 is 2.59 bits per heavy atom. The standard InChI is InChI=1S/C28H36F2N4O2S/c1-27(2,3)20-6-5-7-21(13-20)28(9-8-24-19(15-28)16-32-33-24)31-17-26(35)25(34-37(4)36)12-18-10-22(29)14-23(30)11-18/h5-7,10-11,13-14,16,25-26,31,34-35H,8-9,12,15,17H2,1-4H3,(H,32,33). The molecule has 1 aliphatic rings. The van der Waals surface area contributed by atoms with Crippen LogP contribution in [0.5, 0.6) is 0 Å². The number of rotatable bonds is 9. The molecular weight excluding hydrogens is 494 g/mol. The number of aromatic nitrogens is 2. The third kappa shape index (κ3) is 6.78. The summed E-state index contributed by atoms with van der Waals surface area (Å²) in [6, 6.07) is 11.2. The SMILES string of the molecule is C[S+]([O-])NC(Cc1cc(F)cc(F)c1)C(O)CNC1(c2cccc(C(C)(C)C)c2)CCc2n[nH]cc2C1. The Hall–Kier alpha value is -2.30. The minimum Gasteiger partial charge on any atom is -0.598 e. The van der Waals surface area contributed by atoms with Gasteiger partial charge in [-0.25, -0.2) is 8.78 Å². The van der Waals surface area contributed by atoms with Crippen LogP contribution in [0.15, 0.2) is 48.7 Å². The molecule has 37 heavy (non-hydrogen) atoms. The largest absolute Gasteiger partial charge is 0.598 e. The number of aromatic amines is 1. The maximum absolute atomic E-state index is 13.8. The number of aliphatic hydroxyl groups excluding tert-OH is 1. The molecule has 3 aromatic rings. The second kappa shape index (κ2) is 11.2. The Morgan fingerprint density at radius 2 is 1.92 bits per heavy atom. The molecule has 200 valence electrons. The molecule has 4 unspecified atom stereocenters. The van der Waals surface area contributed by atoms with E-state index in [9.17, 15) is 18.4 Å². The summed E-state index contributed by atoms with van der Waals surface area (Å²) in [5.41, 5.74) is 4.46. The molecule has 0 bridgehead atoms. The highest BCUT2D eigenvalue weighted by atomic mass is 32.2. The lowest BCUT2D eigenvalue weighted by Crippen LogP contribution is -2.54. The van der Waals surface area contributed by atoms with E-state index in [1.54, 1.807) is 0 Å². The monoisotopic (exact) mass is 530 g/mol. The van der Waals surface area contributed by atoms with Crippen LogP contribution < -0.4 is 10.0 Å². The fourth-order valence-electron chi connectivity index (χ4n) is 5.14. The van der Waals surface area contributed by atoms with Gasteiger partial charge in [-0.1, -0.05) is 45.0 Å². The summed E-state index contributed by atoms with van der Waals surface area (Å²) < 4.78 is 42.5. The highest BCUT2D eigenvalue weighted by molar-refractivity contribution is 7.88. The first-order valence-corrected chi connectivity index (χ1v) is 14.1. The van der Waals surface area contributed by atoms with Crippen molar-refractivity contribution in [3.8, 4) is 0 Å². The van der Waals surface area contributed by atoms with Gasteiger partial charge in [0, 0.05) is 35.7 Å². The van der Waals surface area contributed by atoms with Crippen molar-refractivity contribution in [2.45, 2.75) is 69.6 Å². The quantitative estimate of drug-likeness (QED) is 0.316. The first kappa shape index (κ1) is 27.7. The van der Waals surface area contributed by atoms with Crippen molar-refractivity contribution in [3.63, 3.8) is 0 Å². The molecule has 0 radical (unpaired) electrons. The van der Waals surface area contributed by atoms with Crippen LogP contribution in [0.1, 0.15) is 55.1 Å². The van der Waals surface area contributed by atoms with E-state index in [-0.39, 0.29) is 18.4 Å². The smallest absolute Gasteiger partial charge is 0.126 e. The number of fused-ring (bicyclic) bond motifs is 1. The number of nitrogens with zero attached hydrogens (tertiary/aromatic N) is 1. The van der Waals surface area contributed by atoms with Crippen LogP contribution in [0.2, 0.25) is 0 Å². The van der Waals surface area contributed by atoms with Crippen molar-refractivity contribution in [1.82, 2.24) is 20.2 Å². The molecule has 1 heterocycles. The van der Waals surface area contributed by atoms with Crippen molar-refractivity contribution in [2.24, 2.45) is 0 Å². The Balaban J connectivity index is 1.60. The van der Waals surface area contributed by atoms with Crippen molar-refractivity contribution in [2.75, 3.05) is 12.8 Å². The zero-order valence-electron chi connectivity index (χ0n) is 21.8. The summed E-state index contributed by atoms with van der Waals surface area (Å²) in [5, 5.41) is 22.2. The van der Waals surface area contributed by atoms with Crippen molar-refractivity contribution in [1.29, 1.82) is 0 Å². The summed E-state index contributed by atoms with van der Waals surface area (Å²) in [6.45, 7) is 6.74. The number of aliphatic hydroxyl groups is 1. The summed E-state index contributed by atoms with van der Waals surface area (Å²) in [7, 11) is 0. The molecule has 4 atom stereocenters. The first-order valence-electron chi connectivity index (χ1n) is 12.6. The number of nitrogens with one attached hydrogen (secondary N) is 3. The molecule has 4 N–H and O–H groups in total. The molecule has 2 aromatic carbocycles. The fourth-order valence-corrected chi connectivity index (χ4v) is 5.80. The highest BCUT2D eigenvalue weighted by Crippen LogP contribution is 2.37. The number of hydrogen-bond acceptors (Lipinski definition) is 5. The number of halogens is 2.